The first kappa shape index (κ1) is 38.1. The van der Waals surface area contributed by atoms with Crippen molar-refractivity contribution in [2.75, 3.05) is 13.2 Å². The molecule has 3 saturated carbocycles. The number of fused-ring (bicyclic) bond motifs is 7. The summed E-state index contributed by atoms with van der Waals surface area (Å²) in [6.45, 7) is 10.4. The summed E-state index contributed by atoms with van der Waals surface area (Å²) < 4.78 is 37.4. The molecule has 13 heteroatoms. The van der Waals surface area contributed by atoms with Crippen LogP contribution in [0.2, 0.25) is 0 Å². The molecule has 0 unspecified atom stereocenters. The summed E-state index contributed by atoms with van der Waals surface area (Å²) in [7, 11) is 0. The minimum absolute atomic E-state index is 0.0212. The Bertz CT molecular complexity index is 1350. The molecule has 0 aromatic heterocycles. The number of aliphatic hydroxyl groups excluding tert-OH is 6. The van der Waals surface area contributed by atoms with Crippen LogP contribution in [0, 0.1) is 40.4 Å². The van der Waals surface area contributed by atoms with E-state index in [1.54, 1.807) is 0 Å². The van der Waals surface area contributed by atoms with E-state index in [4.69, 9.17) is 28.4 Å². The van der Waals surface area contributed by atoms with Crippen LogP contribution in [0.5, 0.6) is 0 Å². The van der Waals surface area contributed by atoms with E-state index < -0.39 is 79.4 Å². The smallest absolute Gasteiger partial charge is 0.187 e. The summed E-state index contributed by atoms with van der Waals surface area (Å²) in [5.41, 5.74) is 0.772. The Balaban J connectivity index is 0.961. The first-order valence-corrected chi connectivity index (χ1v) is 19.9. The Morgan fingerprint density at radius 2 is 1.60 bits per heavy atom. The molecule has 4 saturated heterocycles. The highest BCUT2D eigenvalue weighted by Crippen LogP contribution is 2.70. The molecule has 0 aromatic carbocycles. The Kier molecular flexibility index (Phi) is 9.83. The second-order valence-corrected chi connectivity index (χ2v) is 18.6. The second-order valence-electron chi connectivity index (χ2n) is 18.6. The Morgan fingerprint density at radius 1 is 0.827 bits per heavy atom. The van der Waals surface area contributed by atoms with Gasteiger partial charge in [0.05, 0.1) is 37.1 Å². The third-order valence-corrected chi connectivity index (χ3v) is 15.6. The van der Waals surface area contributed by atoms with Crippen LogP contribution in [0.1, 0.15) is 92.4 Å². The zero-order valence-corrected chi connectivity index (χ0v) is 31.3. The van der Waals surface area contributed by atoms with Crippen molar-refractivity contribution in [1.82, 2.24) is 0 Å². The average molecular weight is 739 g/mol. The molecule has 21 atom stereocenters. The number of rotatable bonds is 5. The molecule has 0 aromatic rings. The Hall–Kier alpha value is -0.780. The van der Waals surface area contributed by atoms with Crippen molar-refractivity contribution in [1.29, 1.82) is 0 Å². The molecule has 8 rings (SSSR count). The fourth-order valence-corrected chi connectivity index (χ4v) is 12.5. The molecule has 7 fully saturated rings. The fraction of sp³-hybridized carbons (Fsp3) is 0.949. The fourth-order valence-electron chi connectivity index (χ4n) is 12.5. The molecule has 0 bridgehead atoms. The highest BCUT2D eigenvalue weighted by molar-refractivity contribution is 5.26. The van der Waals surface area contributed by atoms with Gasteiger partial charge in [0.2, 0.25) is 0 Å². The van der Waals surface area contributed by atoms with Crippen LogP contribution in [0.25, 0.3) is 0 Å². The number of allylic oxidation sites excluding steroid dienone is 1. The van der Waals surface area contributed by atoms with Gasteiger partial charge in [-0.15, -0.1) is 0 Å². The molecule has 8 aliphatic rings. The summed E-state index contributed by atoms with van der Waals surface area (Å²) in [5, 5.41) is 73.5. The molecule has 0 amide bonds. The van der Waals surface area contributed by atoms with Crippen molar-refractivity contribution in [3.63, 3.8) is 0 Å². The van der Waals surface area contributed by atoms with Gasteiger partial charge in [0.1, 0.15) is 42.7 Å². The lowest BCUT2D eigenvalue weighted by atomic mass is 9.47. The van der Waals surface area contributed by atoms with Gasteiger partial charge in [-0.3, -0.25) is 0 Å². The third-order valence-electron chi connectivity index (χ3n) is 15.6. The standard InChI is InChI=1S/C39H62O13/c1-18-27-25(52-39(18)13-12-36(3,46)17-47-39)15-24-22-7-6-20-14-21(8-10-37(20,4)23(22)9-11-38(24,27)5)49-35-33(31(44)29(42)26(16-40)50-35)51-34-32(45)30(43)28(41)19(2)48-34/h6,18-19,21-35,40-46H,7-17H2,1-5H3/t18-,19-,21-,22+,23-,24-,25-,26+,27-,28-,29+,30+,31-,32+,33+,34-,35+,36-,37-,38-,39+/m0/s1. The zero-order chi connectivity index (χ0) is 37.1. The molecule has 7 N–H and O–H groups in total. The number of ether oxygens (including phenoxy) is 6. The summed E-state index contributed by atoms with van der Waals surface area (Å²) in [6.07, 6.45) is -2.96. The molecule has 4 aliphatic carbocycles. The van der Waals surface area contributed by atoms with Crippen LogP contribution in [0.3, 0.4) is 0 Å². The lowest BCUT2D eigenvalue weighted by Gasteiger charge is -2.59. The van der Waals surface area contributed by atoms with Gasteiger partial charge in [-0.2, -0.15) is 0 Å². The number of hydrogen-bond acceptors (Lipinski definition) is 13. The Labute approximate surface area is 306 Å². The molecule has 1 spiro atoms. The Morgan fingerprint density at radius 3 is 2.31 bits per heavy atom. The highest BCUT2D eigenvalue weighted by Gasteiger charge is 2.69. The van der Waals surface area contributed by atoms with E-state index in [2.05, 4.69) is 26.8 Å². The van der Waals surface area contributed by atoms with Gasteiger partial charge in [0.15, 0.2) is 18.4 Å². The van der Waals surface area contributed by atoms with E-state index in [0.717, 1.165) is 44.9 Å². The van der Waals surface area contributed by atoms with E-state index in [1.807, 2.05) is 6.92 Å². The lowest BCUT2D eigenvalue weighted by Crippen LogP contribution is -2.64. The topological polar surface area (TPSA) is 197 Å². The predicted octanol–water partition coefficient (Wildman–Crippen LogP) is 1.50. The molecule has 0 radical (unpaired) electrons. The van der Waals surface area contributed by atoms with Crippen LogP contribution in [0.4, 0.5) is 0 Å². The lowest BCUT2D eigenvalue weighted by molar-refractivity contribution is -0.369. The monoisotopic (exact) mass is 738 g/mol. The molecular formula is C39H62O13. The normalized spacial score (nSPS) is 58.9. The van der Waals surface area contributed by atoms with Gasteiger partial charge in [-0.1, -0.05) is 32.4 Å². The molecule has 296 valence electrons. The van der Waals surface area contributed by atoms with Crippen LogP contribution in [-0.4, -0.2) is 134 Å². The molecule has 4 aliphatic heterocycles. The first-order valence-electron chi connectivity index (χ1n) is 19.9. The van der Waals surface area contributed by atoms with Gasteiger partial charge in [0.25, 0.3) is 0 Å². The SMILES string of the molecule is C[C@@H]1O[C@@H](O[C@H]2[C@H](O[C@H]3CC[C@@]4(C)C(=CC[C@H]5[C@@H]6C[C@@H]7O[C@]8(CC[C@](C)(O)CO8)[C@@H](C)[C@@H]7[C@@]6(C)CC[C@@H]54)C3)O[C@H](CO)[C@@H](O)[C@@H]2O)[C@H](O)[C@H](O)[C@H]1O. The molecule has 52 heavy (non-hydrogen) atoms. The van der Waals surface area contributed by atoms with Crippen LogP contribution >= 0.6 is 0 Å². The molecule has 4 heterocycles. The van der Waals surface area contributed by atoms with Crippen LogP contribution < -0.4 is 0 Å². The van der Waals surface area contributed by atoms with Crippen molar-refractivity contribution >= 4 is 0 Å². The zero-order valence-electron chi connectivity index (χ0n) is 31.3. The summed E-state index contributed by atoms with van der Waals surface area (Å²) in [4.78, 5) is 0. The van der Waals surface area contributed by atoms with E-state index in [1.165, 1.54) is 12.5 Å². The van der Waals surface area contributed by atoms with Gasteiger partial charge in [0, 0.05) is 12.3 Å². The van der Waals surface area contributed by atoms with Crippen molar-refractivity contribution in [3.05, 3.63) is 11.6 Å². The molecule has 13 nitrogen and oxygen atoms in total. The average Bonchev–Trinajstić information content (AvgIpc) is 3.56. The maximum atomic E-state index is 11.1. The van der Waals surface area contributed by atoms with Crippen molar-refractivity contribution in [3.8, 4) is 0 Å². The number of aliphatic hydroxyl groups is 7. The largest absolute Gasteiger partial charge is 0.394 e. The van der Waals surface area contributed by atoms with Gasteiger partial charge >= 0.3 is 0 Å². The first-order chi connectivity index (χ1) is 24.5. The van der Waals surface area contributed by atoms with Gasteiger partial charge in [-0.25, -0.2) is 0 Å². The van der Waals surface area contributed by atoms with E-state index in [0.29, 0.717) is 43.1 Å². The van der Waals surface area contributed by atoms with E-state index >= 15 is 0 Å². The summed E-state index contributed by atoms with van der Waals surface area (Å²) in [6, 6.07) is 0. The van der Waals surface area contributed by atoms with Crippen LogP contribution in [0.15, 0.2) is 11.6 Å². The van der Waals surface area contributed by atoms with E-state index in [9.17, 15) is 35.7 Å². The van der Waals surface area contributed by atoms with Crippen molar-refractivity contribution in [2.24, 2.45) is 40.4 Å². The van der Waals surface area contributed by atoms with Crippen molar-refractivity contribution < 1.29 is 64.2 Å². The van der Waals surface area contributed by atoms with Gasteiger partial charge < -0.3 is 64.2 Å². The highest BCUT2D eigenvalue weighted by atomic mass is 16.8. The maximum Gasteiger partial charge on any atom is 0.187 e. The quantitative estimate of drug-likeness (QED) is 0.201. The summed E-state index contributed by atoms with van der Waals surface area (Å²) >= 11 is 0. The number of hydrogen-bond donors (Lipinski definition) is 7. The minimum Gasteiger partial charge on any atom is -0.394 e. The predicted molar refractivity (Wildman–Crippen MR) is 183 cm³/mol. The van der Waals surface area contributed by atoms with E-state index in [-0.39, 0.29) is 29.0 Å². The van der Waals surface area contributed by atoms with Gasteiger partial charge in [-0.05, 0) is 99.7 Å². The summed E-state index contributed by atoms with van der Waals surface area (Å²) in [5.74, 6) is 1.79. The van der Waals surface area contributed by atoms with Crippen LogP contribution in [-0.2, 0) is 28.4 Å². The third kappa shape index (κ3) is 5.90. The minimum atomic E-state index is -1.62. The maximum absolute atomic E-state index is 11.1. The van der Waals surface area contributed by atoms with Crippen molar-refractivity contribution in [2.45, 2.75) is 177 Å². The molecular weight excluding hydrogens is 676 g/mol. The second kappa shape index (κ2) is 13.4.